The highest BCUT2D eigenvalue weighted by molar-refractivity contribution is 7.13. The molecule has 1 saturated carbocycles. The summed E-state index contributed by atoms with van der Waals surface area (Å²) in [5, 5.41) is 5.01. The minimum absolute atomic E-state index is 0.0286. The molecule has 0 spiro atoms. The highest BCUT2D eigenvalue weighted by atomic mass is 32.1. The highest BCUT2D eigenvalue weighted by Crippen LogP contribution is 2.40. The number of aryl methyl sites for hydroxylation is 1. The molecule has 2 fully saturated rings. The Labute approximate surface area is 126 Å². The molecule has 1 saturated heterocycles. The van der Waals surface area contributed by atoms with Gasteiger partial charge in [0, 0.05) is 12.5 Å². The van der Waals surface area contributed by atoms with E-state index in [-0.39, 0.29) is 11.9 Å². The Morgan fingerprint density at radius 2 is 2.29 bits per heavy atom. The van der Waals surface area contributed by atoms with Crippen LogP contribution in [0.15, 0.2) is 10.7 Å². The number of carbonyl (C=O) groups excluding carboxylic acids is 1. The van der Waals surface area contributed by atoms with Crippen molar-refractivity contribution in [2.24, 2.45) is 0 Å². The maximum atomic E-state index is 12.6. The zero-order chi connectivity index (χ0) is 14.4. The number of nitrogens with zero attached hydrogens (tertiary/aromatic N) is 4. The van der Waals surface area contributed by atoms with Crippen molar-refractivity contribution in [1.82, 2.24) is 20.0 Å². The molecular formula is C14H16N4O2S. The molecular weight excluding hydrogens is 288 g/mol. The second kappa shape index (κ2) is 4.91. The molecule has 2 aliphatic rings. The third kappa shape index (κ3) is 2.35. The van der Waals surface area contributed by atoms with Gasteiger partial charge in [-0.2, -0.15) is 4.98 Å². The maximum absolute atomic E-state index is 12.6. The van der Waals surface area contributed by atoms with Gasteiger partial charge in [-0.05, 0) is 32.6 Å². The molecule has 21 heavy (non-hydrogen) atoms. The standard InChI is InChI=1S/C14H16N4O2S/c1-8-15-7-11(21-8)14(19)18-6-2-3-10(18)12-16-13(20-17-12)9-4-5-9/h7,9-10H,2-6H2,1H3/t10-/m0/s1. The first-order valence-electron chi connectivity index (χ1n) is 7.29. The van der Waals surface area contributed by atoms with Gasteiger partial charge in [0.15, 0.2) is 5.82 Å². The lowest BCUT2D eigenvalue weighted by molar-refractivity contribution is 0.0733. The van der Waals surface area contributed by atoms with E-state index in [9.17, 15) is 4.79 Å². The van der Waals surface area contributed by atoms with Crippen LogP contribution in [-0.4, -0.2) is 32.5 Å². The number of likely N-dealkylation sites (tertiary alicyclic amines) is 1. The Morgan fingerprint density at radius 3 is 3.00 bits per heavy atom. The number of hydrogen-bond donors (Lipinski definition) is 0. The fraction of sp³-hybridized carbons (Fsp3) is 0.571. The Balaban J connectivity index is 1.57. The van der Waals surface area contributed by atoms with Gasteiger partial charge in [-0.15, -0.1) is 11.3 Å². The first-order valence-corrected chi connectivity index (χ1v) is 8.11. The molecule has 3 heterocycles. The molecule has 110 valence electrons. The lowest BCUT2D eigenvalue weighted by Crippen LogP contribution is -2.30. The minimum Gasteiger partial charge on any atom is -0.339 e. The molecule has 2 aromatic heterocycles. The lowest BCUT2D eigenvalue weighted by Gasteiger charge is -2.21. The lowest BCUT2D eigenvalue weighted by atomic mass is 10.2. The average molecular weight is 304 g/mol. The molecule has 2 aromatic rings. The van der Waals surface area contributed by atoms with E-state index < -0.39 is 0 Å². The van der Waals surface area contributed by atoms with E-state index in [2.05, 4.69) is 15.1 Å². The third-order valence-electron chi connectivity index (χ3n) is 4.03. The van der Waals surface area contributed by atoms with Crippen molar-refractivity contribution in [3.63, 3.8) is 0 Å². The summed E-state index contributed by atoms with van der Waals surface area (Å²) in [7, 11) is 0. The Kier molecular flexibility index (Phi) is 3.02. The molecule has 4 rings (SSSR count). The largest absolute Gasteiger partial charge is 0.339 e. The van der Waals surface area contributed by atoms with Crippen molar-refractivity contribution < 1.29 is 9.32 Å². The summed E-state index contributed by atoms with van der Waals surface area (Å²) in [5.74, 6) is 1.86. The van der Waals surface area contributed by atoms with E-state index in [0.29, 0.717) is 16.6 Å². The van der Waals surface area contributed by atoms with E-state index in [0.717, 1.165) is 43.1 Å². The second-order valence-corrected chi connectivity index (χ2v) is 6.90. The van der Waals surface area contributed by atoms with Crippen LogP contribution in [0.2, 0.25) is 0 Å². The van der Waals surface area contributed by atoms with Crippen molar-refractivity contribution in [1.29, 1.82) is 0 Å². The first-order chi connectivity index (χ1) is 10.2. The maximum Gasteiger partial charge on any atom is 0.266 e. The van der Waals surface area contributed by atoms with Crippen LogP contribution < -0.4 is 0 Å². The second-order valence-electron chi connectivity index (χ2n) is 5.67. The smallest absolute Gasteiger partial charge is 0.266 e. The van der Waals surface area contributed by atoms with Crippen LogP contribution in [0, 0.1) is 6.92 Å². The van der Waals surface area contributed by atoms with Crippen LogP contribution in [0.1, 0.15) is 64.0 Å². The number of amides is 1. The predicted molar refractivity (Wildman–Crippen MR) is 76.1 cm³/mol. The van der Waals surface area contributed by atoms with Crippen LogP contribution in [-0.2, 0) is 0 Å². The quantitative estimate of drug-likeness (QED) is 0.871. The molecule has 1 aliphatic heterocycles. The van der Waals surface area contributed by atoms with Crippen LogP contribution in [0.25, 0.3) is 0 Å². The van der Waals surface area contributed by atoms with Gasteiger partial charge >= 0.3 is 0 Å². The first kappa shape index (κ1) is 12.9. The van der Waals surface area contributed by atoms with Crippen molar-refractivity contribution in [2.45, 2.75) is 44.6 Å². The van der Waals surface area contributed by atoms with E-state index >= 15 is 0 Å². The molecule has 1 aliphatic carbocycles. The van der Waals surface area contributed by atoms with Gasteiger partial charge in [0.05, 0.1) is 17.2 Å². The van der Waals surface area contributed by atoms with Crippen LogP contribution in [0.5, 0.6) is 0 Å². The zero-order valence-electron chi connectivity index (χ0n) is 11.8. The van der Waals surface area contributed by atoms with E-state index in [4.69, 9.17) is 4.52 Å². The summed E-state index contributed by atoms with van der Waals surface area (Å²) in [4.78, 5) is 23.8. The van der Waals surface area contributed by atoms with Gasteiger partial charge in [0.25, 0.3) is 5.91 Å². The molecule has 7 heteroatoms. The molecule has 0 radical (unpaired) electrons. The van der Waals surface area contributed by atoms with Crippen molar-refractivity contribution in [3.05, 3.63) is 27.8 Å². The highest BCUT2D eigenvalue weighted by Gasteiger charge is 2.36. The number of thiazole rings is 1. The molecule has 0 bridgehead atoms. The Morgan fingerprint density at radius 1 is 1.43 bits per heavy atom. The topological polar surface area (TPSA) is 72.1 Å². The summed E-state index contributed by atoms with van der Waals surface area (Å²) >= 11 is 1.43. The molecule has 1 amide bonds. The Bertz CT molecular complexity index is 676. The molecule has 6 nitrogen and oxygen atoms in total. The Hall–Kier alpha value is -1.76. The summed E-state index contributed by atoms with van der Waals surface area (Å²) in [6.45, 7) is 2.65. The fourth-order valence-electron chi connectivity index (χ4n) is 2.76. The van der Waals surface area contributed by atoms with Crippen LogP contribution in [0.4, 0.5) is 0 Å². The van der Waals surface area contributed by atoms with Gasteiger partial charge in [0.2, 0.25) is 5.89 Å². The molecule has 0 aromatic carbocycles. The van der Waals surface area contributed by atoms with Crippen molar-refractivity contribution in [2.75, 3.05) is 6.54 Å². The SMILES string of the molecule is Cc1ncc(C(=O)N2CCC[C@H]2c2noc(C3CC3)n2)s1. The van der Waals surface area contributed by atoms with Gasteiger partial charge < -0.3 is 9.42 Å². The zero-order valence-corrected chi connectivity index (χ0v) is 12.6. The molecule has 0 N–H and O–H groups in total. The monoisotopic (exact) mass is 304 g/mol. The third-order valence-corrected chi connectivity index (χ3v) is 4.93. The molecule has 1 atom stereocenters. The number of aromatic nitrogens is 3. The number of carbonyl (C=O) groups is 1. The van der Waals surface area contributed by atoms with E-state index in [1.54, 1.807) is 6.20 Å². The average Bonchev–Trinajstić information content (AvgIpc) is 2.94. The number of rotatable bonds is 3. The summed E-state index contributed by atoms with van der Waals surface area (Å²) in [5.41, 5.74) is 0. The summed E-state index contributed by atoms with van der Waals surface area (Å²) in [6, 6.07) is -0.0591. The van der Waals surface area contributed by atoms with Crippen LogP contribution in [0.3, 0.4) is 0 Å². The van der Waals surface area contributed by atoms with Crippen molar-refractivity contribution in [3.8, 4) is 0 Å². The minimum atomic E-state index is -0.0591. The van der Waals surface area contributed by atoms with E-state index in [1.165, 1.54) is 11.3 Å². The predicted octanol–water partition coefficient (Wildman–Crippen LogP) is 2.69. The van der Waals surface area contributed by atoms with Gasteiger partial charge in [0.1, 0.15) is 4.88 Å². The number of hydrogen-bond acceptors (Lipinski definition) is 6. The van der Waals surface area contributed by atoms with Gasteiger partial charge in [-0.3, -0.25) is 4.79 Å². The van der Waals surface area contributed by atoms with Gasteiger partial charge in [-0.1, -0.05) is 5.16 Å². The van der Waals surface area contributed by atoms with E-state index in [1.807, 2.05) is 11.8 Å². The van der Waals surface area contributed by atoms with Crippen molar-refractivity contribution >= 4 is 17.2 Å². The normalized spacial score (nSPS) is 22.0. The summed E-state index contributed by atoms with van der Waals surface area (Å²) in [6.07, 6.45) is 5.79. The van der Waals surface area contributed by atoms with Gasteiger partial charge in [-0.25, -0.2) is 4.98 Å². The fourth-order valence-corrected chi connectivity index (χ4v) is 3.49. The summed E-state index contributed by atoms with van der Waals surface area (Å²) < 4.78 is 5.33. The van der Waals surface area contributed by atoms with Crippen LogP contribution >= 0.6 is 11.3 Å². The molecule has 0 unspecified atom stereocenters.